The summed E-state index contributed by atoms with van der Waals surface area (Å²) < 4.78 is 31.5. The Balaban J connectivity index is 1.61. The fraction of sp³-hybridized carbons (Fsp3) is 0.100. The molecule has 31 heavy (non-hydrogen) atoms. The number of fused-ring (bicyclic) bond motifs is 1. The molecule has 4 rings (SSSR count). The van der Waals surface area contributed by atoms with Crippen LogP contribution in [0, 0.1) is 5.82 Å². The Morgan fingerprint density at radius 3 is 2.74 bits per heavy atom. The maximum Gasteiger partial charge on any atom is 0.218 e. The number of thioether (sulfide) groups is 1. The van der Waals surface area contributed by atoms with Gasteiger partial charge in [0.25, 0.3) is 0 Å². The number of benzene rings is 1. The van der Waals surface area contributed by atoms with Crippen LogP contribution in [0.1, 0.15) is 21.5 Å². The maximum absolute atomic E-state index is 14.6. The number of hydrogen-bond donors (Lipinski definition) is 1. The van der Waals surface area contributed by atoms with Crippen molar-refractivity contribution in [3.8, 4) is 11.5 Å². The number of nitrogens with zero attached hydrogens (tertiary/aromatic N) is 3. The van der Waals surface area contributed by atoms with Gasteiger partial charge in [0.2, 0.25) is 10.9 Å². The number of aromatic nitrogens is 3. The Morgan fingerprint density at radius 1 is 1.32 bits per heavy atom. The maximum atomic E-state index is 14.6. The predicted molar refractivity (Wildman–Crippen MR) is 117 cm³/mol. The monoisotopic (exact) mass is 521 g/mol. The van der Waals surface area contributed by atoms with E-state index in [-0.39, 0.29) is 27.8 Å². The van der Waals surface area contributed by atoms with Gasteiger partial charge in [-0.05, 0) is 45.8 Å². The van der Waals surface area contributed by atoms with Gasteiger partial charge in [-0.15, -0.1) is 0 Å². The van der Waals surface area contributed by atoms with Gasteiger partial charge in [-0.2, -0.15) is 0 Å². The summed E-state index contributed by atoms with van der Waals surface area (Å²) in [7, 11) is -1.31. The smallest absolute Gasteiger partial charge is 0.218 e. The van der Waals surface area contributed by atoms with E-state index < -0.39 is 22.4 Å². The summed E-state index contributed by atoms with van der Waals surface area (Å²) in [4.78, 5) is 25.1. The van der Waals surface area contributed by atoms with E-state index >= 15 is 0 Å². The first kappa shape index (κ1) is 21.6. The van der Waals surface area contributed by atoms with Crippen LogP contribution in [0.3, 0.4) is 0 Å². The predicted octanol–water partition coefficient (Wildman–Crippen LogP) is 4.12. The van der Waals surface area contributed by atoms with Crippen molar-refractivity contribution in [3.05, 3.63) is 68.7 Å². The van der Waals surface area contributed by atoms with Gasteiger partial charge in [0.1, 0.15) is 11.6 Å². The third kappa shape index (κ3) is 4.39. The Morgan fingerprint density at radius 2 is 2.06 bits per heavy atom. The number of allylic oxidation sites excluding steroid dienone is 1. The van der Waals surface area contributed by atoms with Crippen LogP contribution in [0.4, 0.5) is 4.39 Å². The molecule has 1 aromatic carbocycles. The molecular formula is C20H13BrFN3O4S2. The molecule has 1 aliphatic heterocycles. The lowest BCUT2D eigenvalue weighted by molar-refractivity contribution is 0.104. The SMILES string of the molecule is CS(=O)c1ncc(COc2cc(/C=C3\Sc4ncccc4C3=O)c(Br)c(F)c2O)cn1. The molecule has 0 saturated carbocycles. The first-order valence-corrected chi connectivity index (χ1v) is 11.9. The van der Waals surface area contributed by atoms with Crippen LogP contribution >= 0.6 is 27.7 Å². The molecule has 0 bridgehead atoms. The highest BCUT2D eigenvalue weighted by Crippen LogP contribution is 2.42. The number of ketones is 1. The number of halogens is 2. The highest BCUT2D eigenvalue weighted by molar-refractivity contribution is 9.10. The zero-order valence-electron chi connectivity index (χ0n) is 15.8. The minimum absolute atomic E-state index is 0.000256. The quantitative estimate of drug-likeness (QED) is 0.395. The van der Waals surface area contributed by atoms with E-state index in [0.717, 1.165) is 0 Å². The van der Waals surface area contributed by atoms with Crippen molar-refractivity contribution in [1.29, 1.82) is 0 Å². The molecule has 0 saturated heterocycles. The molecule has 158 valence electrons. The standard InChI is InChI=1S/C20H13BrFN3O4S2/c1-31(28)20-24-7-10(8-25-20)9-29-13-5-11(15(21)16(22)18(13)27)6-14-17(26)12-3-2-4-23-19(12)30-14/h2-8,27H,9H2,1H3/b14-6-. The van der Waals surface area contributed by atoms with Crippen LogP contribution in [0.5, 0.6) is 11.5 Å². The number of phenols is 1. The van der Waals surface area contributed by atoms with Gasteiger partial charge >= 0.3 is 0 Å². The molecule has 3 heterocycles. The number of hydrogen-bond acceptors (Lipinski definition) is 8. The molecule has 0 aliphatic carbocycles. The second-order valence-corrected chi connectivity index (χ2v) is 9.45. The minimum atomic E-state index is -1.31. The van der Waals surface area contributed by atoms with Crippen molar-refractivity contribution in [2.24, 2.45) is 0 Å². The minimum Gasteiger partial charge on any atom is -0.502 e. The van der Waals surface area contributed by atoms with E-state index in [0.29, 0.717) is 26.6 Å². The molecule has 2 aromatic heterocycles. The molecule has 7 nitrogen and oxygen atoms in total. The average Bonchev–Trinajstić information content (AvgIpc) is 3.09. The summed E-state index contributed by atoms with van der Waals surface area (Å²) >= 11 is 4.31. The van der Waals surface area contributed by atoms with Crippen molar-refractivity contribution in [3.63, 3.8) is 0 Å². The molecule has 1 N–H and O–H groups in total. The zero-order valence-corrected chi connectivity index (χ0v) is 19.1. The number of carbonyl (C=O) groups is 1. The first-order valence-electron chi connectivity index (χ1n) is 8.72. The highest BCUT2D eigenvalue weighted by atomic mass is 79.9. The second kappa shape index (κ2) is 8.85. The number of phenolic OH excluding ortho intramolecular Hbond substituents is 1. The normalized spacial score (nSPS) is 15.2. The van der Waals surface area contributed by atoms with E-state index in [1.807, 2.05) is 0 Å². The van der Waals surface area contributed by atoms with Crippen LogP contribution < -0.4 is 4.74 Å². The number of carbonyl (C=O) groups excluding carboxylic acids is 1. The van der Waals surface area contributed by atoms with Crippen LogP contribution in [0.2, 0.25) is 0 Å². The van der Waals surface area contributed by atoms with Crippen molar-refractivity contribution < 1.29 is 23.2 Å². The van der Waals surface area contributed by atoms with E-state index in [9.17, 15) is 18.5 Å². The van der Waals surface area contributed by atoms with Crippen molar-refractivity contribution in [2.45, 2.75) is 16.8 Å². The molecule has 1 atom stereocenters. The average molecular weight is 522 g/mol. The third-order valence-corrected chi connectivity index (χ3v) is 6.81. The lowest BCUT2D eigenvalue weighted by Gasteiger charge is -2.12. The van der Waals surface area contributed by atoms with E-state index in [1.165, 1.54) is 42.6 Å². The van der Waals surface area contributed by atoms with E-state index in [4.69, 9.17) is 4.74 Å². The van der Waals surface area contributed by atoms with Crippen molar-refractivity contribution >= 4 is 50.4 Å². The molecule has 1 unspecified atom stereocenters. The summed E-state index contributed by atoms with van der Waals surface area (Å²) in [6.07, 6.45) is 7.46. The molecule has 11 heteroatoms. The van der Waals surface area contributed by atoms with Gasteiger partial charge in [0.05, 0.1) is 25.7 Å². The fourth-order valence-corrected chi connectivity index (χ4v) is 4.52. The lowest BCUT2D eigenvalue weighted by Crippen LogP contribution is -2.02. The topological polar surface area (TPSA) is 102 Å². The van der Waals surface area contributed by atoms with Gasteiger partial charge < -0.3 is 9.84 Å². The lowest BCUT2D eigenvalue weighted by atomic mass is 10.1. The molecule has 0 amide bonds. The van der Waals surface area contributed by atoms with E-state index in [1.54, 1.807) is 18.3 Å². The third-order valence-electron chi connectivity index (χ3n) is 4.24. The molecule has 0 fully saturated rings. The van der Waals surface area contributed by atoms with Gasteiger partial charge in [0.15, 0.2) is 17.3 Å². The number of aromatic hydroxyl groups is 1. The second-order valence-electron chi connectivity index (χ2n) is 6.35. The Kier molecular flexibility index (Phi) is 6.17. The van der Waals surface area contributed by atoms with Crippen LogP contribution in [0.25, 0.3) is 6.08 Å². The summed E-state index contributed by atoms with van der Waals surface area (Å²) in [5, 5.41) is 10.9. The van der Waals surface area contributed by atoms with Crippen LogP contribution in [-0.2, 0) is 17.4 Å². The summed E-state index contributed by atoms with van der Waals surface area (Å²) in [5.41, 5.74) is 1.35. The Bertz CT molecular complexity index is 1250. The van der Waals surface area contributed by atoms with E-state index in [2.05, 4.69) is 30.9 Å². The summed E-state index contributed by atoms with van der Waals surface area (Å²) in [6, 6.07) is 4.79. The fourth-order valence-electron chi connectivity index (χ4n) is 2.72. The number of ether oxygens (including phenoxy) is 1. The summed E-state index contributed by atoms with van der Waals surface area (Å²) in [5.74, 6) is -1.90. The largest absolute Gasteiger partial charge is 0.502 e. The van der Waals surface area contributed by atoms with Gasteiger partial charge in [-0.3, -0.25) is 9.00 Å². The number of pyridine rings is 1. The van der Waals surface area contributed by atoms with Crippen LogP contribution in [-0.4, -0.2) is 36.3 Å². The highest BCUT2D eigenvalue weighted by Gasteiger charge is 2.27. The Hall–Kier alpha value is -2.63. The zero-order chi connectivity index (χ0) is 22.1. The van der Waals surface area contributed by atoms with Gasteiger partial charge in [-0.25, -0.2) is 19.3 Å². The Labute approximate surface area is 191 Å². The molecule has 0 spiro atoms. The van der Waals surface area contributed by atoms with Crippen molar-refractivity contribution in [2.75, 3.05) is 6.26 Å². The van der Waals surface area contributed by atoms with Crippen LogP contribution in [0.15, 0.2) is 56.3 Å². The first-order chi connectivity index (χ1) is 14.8. The molecule has 3 aromatic rings. The number of rotatable bonds is 5. The number of Topliss-reactive ketones (excluding diaryl/α,β-unsaturated/α-hetero) is 1. The van der Waals surface area contributed by atoms with Gasteiger partial charge in [-0.1, -0.05) is 11.8 Å². The molecule has 0 radical (unpaired) electrons. The molecular weight excluding hydrogens is 509 g/mol. The summed E-state index contributed by atoms with van der Waals surface area (Å²) in [6.45, 7) is -0.0513. The van der Waals surface area contributed by atoms with Crippen molar-refractivity contribution in [1.82, 2.24) is 15.0 Å². The van der Waals surface area contributed by atoms with Gasteiger partial charge in [0, 0.05) is 30.4 Å². The molecule has 1 aliphatic rings.